The fraction of sp³-hybridized carbons (Fsp3) is 0.538. The first kappa shape index (κ1) is 10.7. The second-order valence-corrected chi connectivity index (χ2v) is 4.69. The summed E-state index contributed by atoms with van der Waals surface area (Å²) in [5.41, 5.74) is 2.51. The normalized spacial score (nSPS) is 30.7. The van der Waals surface area contributed by atoms with Gasteiger partial charge in [-0.1, -0.05) is 24.3 Å². The Morgan fingerprint density at radius 3 is 2.80 bits per heavy atom. The number of aryl methyl sites for hydroxylation is 1. The van der Waals surface area contributed by atoms with E-state index in [1.165, 1.54) is 11.1 Å². The molecule has 1 aromatic rings. The summed E-state index contributed by atoms with van der Waals surface area (Å²) in [6, 6.07) is 8.95. The van der Waals surface area contributed by atoms with Gasteiger partial charge < -0.3 is 4.74 Å². The third-order valence-corrected chi connectivity index (χ3v) is 2.99. The van der Waals surface area contributed by atoms with Gasteiger partial charge in [-0.15, -0.1) is 0 Å². The maximum atomic E-state index is 5.80. The molecule has 15 heavy (non-hydrogen) atoms. The lowest BCUT2D eigenvalue weighted by Crippen LogP contribution is -2.42. The van der Waals surface area contributed by atoms with E-state index in [4.69, 9.17) is 4.74 Å². The van der Waals surface area contributed by atoms with Gasteiger partial charge in [0.25, 0.3) is 0 Å². The second-order valence-electron chi connectivity index (χ2n) is 4.69. The van der Waals surface area contributed by atoms with E-state index in [1.54, 1.807) is 0 Å². The Balaban J connectivity index is 2.12. The van der Waals surface area contributed by atoms with Crippen molar-refractivity contribution in [1.29, 1.82) is 0 Å². The van der Waals surface area contributed by atoms with Gasteiger partial charge in [0, 0.05) is 12.5 Å². The molecule has 0 saturated carbocycles. The summed E-state index contributed by atoms with van der Waals surface area (Å²) in [6.07, 6.45) is 0.935. The minimum Gasteiger partial charge on any atom is -0.359 e. The molecule has 1 aliphatic heterocycles. The molecule has 1 heterocycles. The Bertz CT molecular complexity index is 350. The number of benzene rings is 1. The number of hydrogen-bond donors (Lipinski definition) is 1. The second kappa shape index (κ2) is 3.95. The summed E-state index contributed by atoms with van der Waals surface area (Å²) in [4.78, 5) is 0. The smallest absolute Gasteiger partial charge is 0.120 e. The molecule has 82 valence electrons. The molecule has 1 saturated heterocycles. The standard InChI is InChI=1S/C13H19NO/c1-10-6-4-5-7-12(10)8-13(3)14-11(2)9-15-13/h4-7,11,14H,8-9H2,1-3H3. The molecule has 0 spiro atoms. The van der Waals surface area contributed by atoms with Gasteiger partial charge >= 0.3 is 0 Å². The Hall–Kier alpha value is -0.860. The van der Waals surface area contributed by atoms with E-state index in [0.29, 0.717) is 6.04 Å². The zero-order valence-electron chi connectivity index (χ0n) is 9.71. The highest BCUT2D eigenvalue weighted by Gasteiger charge is 2.33. The van der Waals surface area contributed by atoms with Crippen LogP contribution in [-0.2, 0) is 11.2 Å². The van der Waals surface area contributed by atoms with E-state index in [2.05, 4.69) is 50.4 Å². The predicted molar refractivity (Wildman–Crippen MR) is 61.8 cm³/mol. The third kappa shape index (κ3) is 2.39. The summed E-state index contributed by atoms with van der Waals surface area (Å²) in [5, 5.41) is 3.48. The van der Waals surface area contributed by atoms with Crippen LogP contribution >= 0.6 is 0 Å². The van der Waals surface area contributed by atoms with Gasteiger partial charge in [0.05, 0.1) is 6.61 Å². The summed E-state index contributed by atoms with van der Waals surface area (Å²) in [6.45, 7) is 7.24. The first-order valence-electron chi connectivity index (χ1n) is 5.55. The van der Waals surface area contributed by atoms with Crippen molar-refractivity contribution in [1.82, 2.24) is 5.32 Å². The molecule has 0 bridgehead atoms. The number of hydrogen-bond acceptors (Lipinski definition) is 2. The number of rotatable bonds is 2. The largest absolute Gasteiger partial charge is 0.359 e. The van der Waals surface area contributed by atoms with Crippen LogP contribution in [0.15, 0.2) is 24.3 Å². The molecule has 1 aliphatic rings. The Kier molecular flexibility index (Phi) is 2.81. The van der Waals surface area contributed by atoms with Crippen LogP contribution in [0.5, 0.6) is 0 Å². The Morgan fingerprint density at radius 1 is 1.47 bits per heavy atom. The summed E-state index contributed by atoms with van der Waals surface area (Å²) < 4.78 is 5.80. The van der Waals surface area contributed by atoms with Crippen molar-refractivity contribution in [3.8, 4) is 0 Å². The van der Waals surface area contributed by atoms with E-state index in [1.807, 2.05) is 0 Å². The molecule has 2 heteroatoms. The van der Waals surface area contributed by atoms with Crippen LogP contribution in [0, 0.1) is 6.92 Å². The maximum Gasteiger partial charge on any atom is 0.120 e. The van der Waals surface area contributed by atoms with Crippen LogP contribution in [0.3, 0.4) is 0 Å². The van der Waals surface area contributed by atoms with Crippen LogP contribution in [0.4, 0.5) is 0 Å². The maximum absolute atomic E-state index is 5.80. The summed E-state index contributed by atoms with van der Waals surface area (Å²) in [5.74, 6) is 0. The molecule has 2 atom stereocenters. The summed E-state index contributed by atoms with van der Waals surface area (Å²) >= 11 is 0. The van der Waals surface area contributed by atoms with Gasteiger partial charge in [-0.25, -0.2) is 0 Å². The molecule has 2 unspecified atom stereocenters. The molecular formula is C13H19NO. The minimum absolute atomic E-state index is 0.189. The van der Waals surface area contributed by atoms with E-state index >= 15 is 0 Å². The number of nitrogens with one attached hydrogen (secondary N) is 1. The highest BCUT2D eigenvalue weighted by molar-refractivity contribution is 5.27. The zero-order valence-corrected chi connectivity index (χ0v) is 9.71. The molecule has 2 rings (SSSR count). The molecule has 1 aromatic carbocycles. The molecule has 0 aliphatic carbocycles. The summed E-state index contributed by atoms with van der Waals surface area (Å²) in [7, 11) is 0. The van der Waals surface area contributed by atoms with Crippen molar-refractivity contribution in [2.75, 3.05) is 6.61 Å². The van der Waals surface area contributed by atoms with Gasteiger partial charge in [-0.3, -0.25) is 5.32 Å². The van der Waals surface area contributed by atoms with E-state index < -0.39 is 0 Å². The Labute approximate surface area is 91.6 Å². The van der Waals surface area contributed by atoms with Crippen molar-refractivity contribution in [2.45, 2.75) is 39.0 Å². The minimum atomic E-state index is -0.189. The van der Waals surface area contributed by atoms with Crippen molar-refractivity contribution in [3.63, 3.8) is 0 Å². The SMILES string of the molecule is Cc1ccccc1CC1(C)NC(C)CO1. The first-order chi connectivity index (χ1) is 7.09. The Morgan fingerprint density at radius 2 is 2.20 bits per heavy atom. The van der Waals surface area contributed by atoms with Crippen molar-refractivity contribution >= 4 is 0 Å². The molecule has 0 aromatic heterocycles. The van der Waals surface area contributed by atoms with Gasteiger partial charge in [0.2, 0.25) is 0 Å². The third-order valence-electron chi connectivity index (χ3n) is 2.99. The lowest BCUT2D eigenvalue weighted by Gasteiger charge is -2.25. The van der Waals surface area contributed by atoms with Gasteiger partial charge in [0.15, 0.2) is 0 Å². The van der Waals surface area contributed by atoms with Crippen LogP contribution in [0.2, 0.25) is 0 Å². The monoisotopic (exact) mass is 205 g/mol. The average molecular weight is 205 g/mol. The van der Waals surface area contributed by atoms with Crippen molar-refractivity contribution < 1.29 is 4.74 Å². The van der Waals surface area contributed by atoms with Crippen molar-refractivity contribution in [3.05, 3.63) is 35.4 Å². The van der Waals surface area contributed by atoms with Gasteiger partial charge in [-0.05, 0) is 31.9 Å². The quantitative estimate of drug-likeness (QED) is 0.799. The van der Waals surface area contributed by atoms with E-state index in [9.17, 15) is 0 Å². The lowest BCUT2D eigenvalue weighted by atomic mass is 10.00. The van der Waals surface area contributed by atoms with E-state index in [-0.39, 0.29) is 5.72 Å². The highest BCUT2D eigenvalue weighted by Crippen LogP contribution is 2.22. The molecule has 0 radical (unpaired) electrons. The molecule has 1 N–H and O–H groups in total. The van der Waals surface area contributed by atoms with Gasteiger partial charge in [-0.2, -0.15) is 0 Å². The van der Waals surface area contributed by atoms with Crippen molar-refractivity contribution in [2.24, 2.45) is 0 Å². The molecular weight excluding hydrogens is 186 g/mol. The molecule has 0 amide bonds. The number of ether oxygens (including phenoxy) is 1. The van der Waals surface area contributed by atoms with Crippen LogP contribution in [0.1, 0.15) is 25.0 Å². The highest BCUT2D eigenvalue weighted by atomic mass is 16.5. The van der Waals surface area contributed by atoms with Crippen LogP contribution in [-0.4, -0.2) is 18.4 Å². The fourth-order valence-corrected chi connectivity index (χ4v) is 2.19. The van der Waals surface area contributed by atoms with Crippen LogP contribution < -0.4 is 5.32 Å². The zero-order chi connectivity index (χ0) is 10.9. The van der Waals surface area contributed by atoms with E-state index in [0.717, 1.165) is 13.0 Å². The molecule has 1 fully saturated rings. The lowest BCUT2D eigenvalue weighted by molar-refractivity contribution is 0.00679. The first-order valence-corrected chi connectivity index (χ1v) is 5.55. The topological polar surface area (TPSA) is 21.3 Å². The van der Waals surface area contributed by atoms with Crippen LogP contribution in [0.25, 0.3) is 0 Å². The fourth-order valence-electron chi connectivity index (χ4n) is 2.19. The average Bonchev–Trinajstić information content (AvgIpc) is 2.51. The van der Waals surface area contributed by atoms with Gasteiger partial charge in [0.1, 0.15) is 5.72 Å². The molecule has 2 nitrogen and oxygen atoms in total. The predicted octanol–water partition coefficient (Wildman–Crippen LogP) is 2.26.